The van der Waals surface area contributed by atoms with E-state index < -0.39 is 0 Å². The lowest BCUT2D eigenvalue weighted by Gasteiger charge is -2.24. The molecule has 0 saturated heterocycles. The molecule has 22 heavy (non-hydrogen) atoms. The van der Waals surface area contributed by atoms with E-state index in [9.17, 15) is 4.79 Å². The number of benzene rings is 2. The standard InChI is InChI=1S/C18H19NO3/c1-21-16-8-4-3-7-14(16)11-19-18(20)15-10-13-6-2-5-9-17(13)22-12-15/h2-9,15H,10-12H2,1H3,(H,19,20)/t15-/m0/s1. The van der Waals surface area contributed by atoms with Gasteiger partial charge < -0.3 is 14.8 Å². The van der Waals surface area contributed by atoms with Gasteiger partial charge in [0.1, 0.15) is 18.1 Å². The fraction of sp³-hybridized carbons (Fsp3) is 0.278. The van der Waals surface area contributed by atoms with Crippen LogP contribution in [-0.2, 0) is 17.8 Å². The van der Waals surface area contributed by atoms with Crippen LogP contribution in [0.15, 0.2) is 48.5 Å². The summed E-state index contributed by atoms with van der Waals surface area (Å²) in [5, 5.41) is 2.98. The zero-order valence-corrected chi connectivity index (χ0v) is 12.5. The maximum absolute atomic E-state index is 12.3. The second-order valence-electron chi connectivity index (χ2n) is 5.35. The van der Waals surface area contributed by atoms with Crippen molar-refractivity contribution in [1.29, 1.82) is 0 Å². The smallest absolute Gasteiger partial charge is 0.227 e. The molecule has 0 aliphatic carbocycles. The second kappa shape index (κ2) is 6.52. The summed E-state index contributed by atoms with van der Waals surface area (Å²) in [5.41, 5.74) is 2.06. The molecule has 4 heteroatoms. The van der Waals surface area contributed by atoms with Crippen molar-refractivity contribution in [3.05, 3.63) is 59.7 Å². The molecule has 0 unspecified atom stereocenters. The number of methoxy groups -OCH3 is 1. The van der Waals surface area contributed by atoms with Crippen molar-refractivity contribution in [2.45, 2.75) is 13.0 Å². The van der Waals surface area contributed by atoms with E-state index in [4.69, 9.17) is 9.47 Å². The molecular weight excluding hydrogens is 278 g/mol. The van der Waals surface area contributed by atoms with Gasteiger partial charge >= 0.3 is 0 Å². The number of hydrogen-bond acceptors (Lipinski definition) is 3. The minimum absolute atomic E-state index is 0.0143. The van der Waals surface area contributed by atoms with Crippen LogP contribution in [0.25, 0.3) is 0 Å². The number of rotatable bonds is 4. The quantitative estimate of drug-likeness (QED) is 0.943. The van der Waals surface area contributed by atoms with Gasteiger partial charge in [-0.3, -0.25) is 4.79 Å². The molecule has 4 nitrogen and oxygen atoms in total. The van der Waals surface area contributed by atoms with Gasteiger partial charge in [-0.05, 0) is 24.1 Å². The molecule has 0 fully saturated rings. The Morgan fingerprint density at radius 3 is 2.86 bits per heavy atom. The van der Waals surface area contributed by atoms with Crippen molar-refractivity contribution in [3.8, 4) is 11.5 Å². The Hall–Kier alpha value is -2.49. The summed E-state index contributed by atoms with van der Waals surface area (Å²) in [5.74, 6) is 1.54. The number of para-hydroxylation sites is 2. The average molecular weight is 297 g/mol. The van der Waals surface area contributed by atoms with Crippen LogP contribution < -0.4 is 14.8 Å². The molecule has 114 valence electrons. The Morgan fingerprint density at radius 1 is 1.23 bits per heavy atom. The van der Waals surface area contributed by atoms with Gasteiger partial charge in [0.05, 0.1) is 13.0 Å². The fourth-order valence-corrected chi connectivity index (χ4v) is 2.67. The molecule has 2 aromatic carbocycles. The molecule has 0 spiro atoms. The minimum atomic E-state index is -0.149. The number of hydrogen-bond donors (Lipinski definition) is 1. The van der Waals surface area contributed by atoms with Crippen LogP contribution in [0, 0.1) is 5.92 Å². The van der Waals surface area contributed by atoms with Crippen LogP contribution in [0.3, 0.4) is 0 Å². The van der Waals surface area contributed by atoms with Crippen molar-refractivity contribution >= 4 is 5.91 Å². The Kier molecular flexibility index (Phi) is 4.28. The van der Waals surface area contributed by atoms with Gasteiger partial charge in [0.15, 0.2) is 0 Å². The van der Waals surface area contributed by atoms with E-state index in [0.29, 0.717) is 19.6 Å². The lowest BCUT2D eigenvalue weighted by atomic mass is 9.96. The van der Waals surface area contributed by atoms with Gasteiger partial charge in [-0.15, -0.1) is 0 Å². The maximum atomic E-state index is 12.3. The summed E-state index contributed by atoms with van der Waals surface area (Å²) in [6.45, 7) is 0.885. The van der Waals surface area contributed by atoms with E-state index >= 15 is 0 Å². The SMILES string of the molecule is COc1ccccc1CNC(=O)[C@@H]1COc2ccccc2C1. The molecule has 0 saturated carbocycles. The Balaban J connectivity index is 1.61. The van der Waals surface area contributed by atoms with Crippen molar-refractivity contribution in [2.24, 2.45) is 5.92 Å². The second-order valence-corrected chi connectivity index (χ2v) is 5.35. The van der Waals surface area contributed by atoms with E-state index in [1.54, 1.807) is 7.11 Å². The monoisotopic (exact) mass is 297 g/mol. The number of carbonyl (C=O) groups excluding carboxylic acids is 1. The molecule has 1 atom stereocenters. The Labute approximate surface area is 130 Å². The first-order valence-electron chi connectivity index (χ1n) is 7.38. The van der Waals surface area contributed by atoms with Crippen LogP contribution in [0.2, 0.25) is 0 Å². The number of amides is 1. The predicted molar refractivity (Wildman–Crippen MR) is 84.0 cm³/mol. The van der Waals surface area contributed by atoms with E-state index in [-0.39, 0.29) is 11.8 Å². The first kappa shape index (κ1) is 14.4. The van der Waals surface area contributed by atoms with Crippen LogP contribution in [0.1, 0.15) is 11.1 Å². The summed E-state index contributed by atoms with van der Waals surface area (Å²) in [7, 11) is 1.63. The molecule has 0 bridgehead atoms. The molecule has 0 radical (unpaired) electrons. The summed E-state index contributed by atoms with van der Waals surface area (Å²) >= 11 is 0. The van der Waals surface area contributed by atoms with Gasteiger partial charge in [0, 0.05) is 12.1 Å². The summed E-state index contributed by atoms with van der Waals surface area (Å²) in [6, 6.07) is 15.6. The van der Waals surface area contributed by atoms with Crippen molar-refractivity contribution in [3.63, 3.8) is 0 Å². The molecular formula is C18H19NO3. The molecule has 1 N–H and O–H groups in total. The third-order valence-corrected chi connectivity index (χ3v) is 3.90. The van der Waals surface area contributed by atoms with Gasteiger partial charge in [0.25, 0.3) is 0 Å². The summed E-state index contributed by atoms with van der Waals surface area (Å²) in [6.07, 6.45) is 0.716. The lowest BCUT2D eigenvalue weighted by Crippen LogP contribution is -2.37. The van der Waals surface area contributed by atoms with Crippen molar-refractivity contribution in [1.82, 2.24) is 5.32 Å². The fourth-order valence-electron chi connectivity index (χ4n) is 2.67. The highest BCUT2D eigenvalue weighted by Gasteiger charge is 2.25. The van der Waals surface area contributed by atoms with E-state index in [1.807, 2.05) is 48.5 Å². The zero-order chi connectivity index (χ0) is 15.4. The van der Waals surface area contributed by atoms with Crippen molar-refractivity contribution < 1.29 is 14.3 Å². The maximum Gasteiger partial charge on any atom is 0.227 e. The first-order valence-corrected chi connectivity index (χ1v) is 7.38. The van der Waals surface area contributed by atoms with E-state index in [1.165, 1.54) is 0 Å². The lowest BCUT2D eigenvalue weighted by molar-refractivity contribution is -0.126. The molecule has 3 rings (SSSR count). The predicted octanol–water partition coefficient (Wildman–Crippen LogP) is 2.56. The first-order chi connectivity index (χ1) is 10.8. The van der Waals surface area contributed by atoms with E-state index in [2.05, 4.69) is 5.32 Å². The van der Waals surface area contributed by atoms with Gasteiger partial charge in [-0.25, -0.2) is 0 Å². The number of nitrogens with one attached hydrogen (secondary N) is 1. The topological polar surface area (TPSA) is 47.6 Å². The normalized spacial score (nSPS) is 16.3. The highest BCUT2D eigenvalue weighted by atomic mass is 16.5. The molecule has 0 aromatic heterocycles. The summed E-state index contributed by atoms with van der Waals surface area (Å²) < 4.78 is 11.0. The van der Waals surface area contributed by atoms with Crippen LogP contribution >= 0.6 is 0 Å². The Bertz CT molecular complexity index is 669. The molecule has 2 aromatic rings. The van der Waals surface area contributed by atoms with Gasteiger partial charge in [0.2, 0.25) is 5.91 Å². The van der Waals surface area contributed by atoms with Crippen LogP contribution in [0.4, 0.5) is 0 Å². The largest absolute Gasteiger partial charge is 0.496 e. The number of fused-ring (bicyclic) bond motifs is 1. The highest BCUT2D eigenvalue weighted by molar-refractivity contribution is 5.79. The third-order valence-electron chi connectivity index (χ3n) is 3.90. The van der Waals surface area contributed by atoms with Gasteiger partial charge in [-0.2, -0.15) is 0 Å². The van der Waals surface area contributed by atoms with Crippen LogP contribution in [-0.4, -0.2) is 19.6 Å². The molecule has 1 aliphatic heterocycles. The average Bonchev–Trinajstić information content (AvgIpc) is 2.59. The molecule has 1 aliphatic rings. The number of ether oxygens (including phenoxy) is 2. The van der Waals surface area contributed by atoms with E-state index in [0.717, 1.165) is 22.6 Å². The number of carbonyl (C=O) groups is 1. The molecule has 1 heterocycles. The zero-order valence-electron chi connectivity index (χ0n) is 12.5. The third kappa shape index (κ3) is 3.06. The van der Waals surface area contributed by atoms with Crippen LogP contribution in [0.5, 0.6) is 11.5 Å². The van der Waals surface area contributed by atoms with Crippen molar-refractivity contribution in [2.75, 3.05) is 13.7 Å². The molecule has 1 amide bonds. The Morgan fingerprint density at radius 2 is 2.00 bits per heavy atom. The minimum Gasteiger partial charge on any atom is -0.496 e. The summed E-state index contributed by atoms with van der Waals surface area (Å²) in [4.78, 5) is 12.3. The van der Waals surface area contributed by atoms with Gasteiger partial charge in [-0.1, -0.05) is 36.4 Å². The highest BCUT2D eigenvalue weighted by Crippen LogP contribution is 2.27.